The van der Waals surface area contributed by atoms with Crippen molar-refractivity contribution in [3.8, 4) is 22.4 Å². The molecule has 0 radical (unpaired) electrons. The largest absolute Gasteiger partial charge is 0.375 e. The summed E-state index contributed by atoms with van der Waals surface area (Å²) in [4.78, 5) is 16.0. The summed E-state index contributed by atoms with van der Waals surface area (Å²) in [6.45, 7) is 0.136. The van der Waals surface area contributed by atoms with Crippen molar-refractivity contribution in [2.45, 2.75) is 6.54 Å². The molecule has 2 aromatic heterocycles. The number of halogens is 2. The van der Waals surface area contributed by atoms with E-state index in [9.17, 15) is 13.6 Å². The summed E-state index contributed by atoms with van der Waals surface area (Å²) >= 11 is 0. The number of amides is 1. The zero-order valence-corrected chi connectivity index (χ0v) is 17.3. The average molecular weight is 434 g/mol. The molecule has 162 valence electrons. The van der Waals surface area contributed by atoms with E-state index in [1.807, 2.05) is 0 Å². The summed E-state index contributed by atoms with van der Waals surface area (Å²) in [6.07, 6.45) is 3.36. The second kappa shape index (κ2) is 9.49. The number of hydrogen-bond donors (Lipinski definition) is 1. The Hall–Kier alpha value is -3.91. The van der Waals surface area contributed by atoms with E-state index in [2.05, 4.69) is 15.4 Å². The Morgan fingerprint density at radius 1 is 1.06 bits per heavy atom. The topological polar surface area (TPSA) is 69.0 Å². The van der Waals surface area contributed by atoms with Crippen LogP contribution in [0.4, 0.5) is 14.6 Å². The Balaban J connectivity index is 1.74. The van der Waals surface area contributed by atoms with Crippen LogP contribution in [0.2, 0.25) is 0 Å². The molecular weight excluding hydrogens is 414 g/mol. The molecular formula is C24H20F2N4O2. The molecule has 8 heteroatoms. The van der Waals surface area contributed by atoms with Crippen molar-refractivity contribution in [3.63, 3.8) is 0 Å². The minimum Gasteiger partial charge on any atom is -0.375 e. The number of benzene rings is 2. The molecule has 32 heavy (non-hydrogen) atoms. The molecule has 0 aliphatic heterocycles. The lowest BCUT2D eigenvalue weighted by atomic mass is 10.0. The van der Waals surface area contributed by atoms with Crippen LogP contribution in [0.3, 0.4) is 0 Å². The molecule has 1 amide bonds. The van der Waals surface area contributed by atoms with E-state index in [0.717, 1.165) is 11.1 Å². The van der Waals surface area contributed by atoms with Gasteiger partial charge in [-0.05, 0) is 48.0 Å². The number of carbonyl (C=O) groups is 1. The number of carbonyl (C=O) groups excluding carboxylic acids is 1. The summed E-state index contributed by atoms with van der Waals surface area (Å²) in [5.74, 6) is -0.643. The van der Waals surface area contributed by atoms with Gasteiger partial charge in [0.2, 0.25) is 0 Å². The number of anilines is 1. The number of nitrogens with one attached hydrogen (secondary N) is 1. The normalized spacial score (nSPS) is 10.8. The van der Waals surface area contributed by atoms with Crippen LogP contribution in [0.1, 0.15) is 5.56 Å². The van der Waals surface area contributed by atoms with Crippen LogP contribution >= 0.6 is 0 Å². The molecule has 0 aliphatic rings. The Kier molecular flexibility index (Phi) is 6.32. The van der Waals surface area contributed by atoms with E-state index in [0.29, 0.717) is 22.6 Å². The molecule has 0 saturated heterocycles. The maximum atomic E-state index is 14.2. The molecule has 1 N–H and O–H groups in total. The first-order valence-electron chi connectivity index (χ1n) is 9.85. The number of aromatic nitrogens is 3. The van der Waals surface area contributed by atoms with Crippen molar-refractivity contribution in [2.75, 3.05) is 19.0 Å². The second-order valence-corrected chi connectivity index (χ2v) is 7.10. The highest BCUT2D eigenvalue weighted by atomic mass is 19.1. The molecule has 0 spiro atoms. The van der Waals surface area contributed by atoms with E-state index in [1.54, 1.807) is 59.5 Å². The molecule has 0 aliphatic carbocycles. The van der Waals surface area contributed by atoms with Gasteiger partial charge in [-0.15, -0.1) is 0 Å². The van der Waals surface area contributed by atoms with Gasteiger partial charge in [0.05, 0.1) is 6.54 Å². The lowest BCUT2D eigenvalue weighted by Gasteiger charge is -2.07. The van der Waals surface area contributed by atoms with Crippen molar-refractivity contribution in [1.82, 2.24) is 14.8 Å². The van der Waals surface area contributed by atoms with E-state index in [1.165, 1.54) is 25.3 Å². The molecule has 2 heterocycles. The van der Waals surface area contributed by atoms with Crippen LogP contribution in [0, 0.1) is 11.6 Å². The first-order valence-corrected chi connectivity index (χ1v) is 9.85. The molecule has 0 unspecified atom stereocenters. The predicted molar refractivity (Wildman–Crippen MR) is 117 cm³/mol. The van der Waals surface area contributed by atoms with Gasteiger partial charge >= 0.3 is 0 Å². The van der Waals surface area contributed by atoms with E-state index in [-0.39, 0.29) is 30.7 Å². The summed E-state index contributed by atoms with van der Waals surface area (Å²) in [7, 11) is 1.43. The van der Waals surface area contributed by atoms with Crippen molar-refractivity contribution in [1.29, 1.82) is 0 Å². The summed E-state index contributed by atoms with van der Waals surface area (Å²) < 4.78 is 34.1. The SMILES string of the molecule is COCC(=O)Nc1cc(-c2cn(Cc3ccccc3F)nc2-c2ccc(F)cc2)ccn1. The number of ether oxygens (including phenoxy) is 1. The van der Waals surface area contributed by atoms with Gasteiger partial charge in [0.25, 0.3) is 5.91 Å². The first-order chi connectivity index (χ1) is 15.5. The van der Waals surface area contributed by atoms with Gasteiger partial charge in [-0.3, -0.25) is 9.48 Å². The van der Waals surface area contributed by atoms with Crippen LogP contribution in [0.25, 0.3) is 22.4 Å². The Labute approximate surface area is 183 Å². The number of rotatable bonds is 7. The van der Waals surface area contributed by atoms with Gasteiger partial charge in [-0.1, -0.05) is 18.2 Å². The Morgan fingerprint density at radius 2 is 1.84 bits per heavy atom. The molecule has 4 aromatic rings. The fourth-order valence-electron chi connectivity index (χ4n) is 3.31. The third-order valence-corrected chi connectivity index (χ3v) is 4.78. The highest BCUT2D eigenvalue weighted by Crippen LogP contribution is 2.32. The first kappa shape index (κ1) is 21.3. The number of pyridine rings is 1. The monoisotopic (exact) mass is 434 g/mol. The fourth-order valence-corrected chi connectivity index (χ4v) is 3.31. The maximum absolute atomic E-state index is 14.2. The number of hydrogen-bond acceptors (Lipinski definition) is 4. The third kappa shape index (κ3) is 4.87. The summed E-state index contributed by atoms with van der Waals surface area (Å²) in [5.41, 5.74) is 3.27. The van der Waals surface area contributed by atoms with Crippen LogP contribution in [-0.2, 0) is 16.1 Å². The van der Waals surface area contributed by atoms with Crippen molar-refractivity contribution in [3.05, 3.63) is 90.3 Å². The van der Waals surface area contributed by atoms with Crippen molar-refractivity contribution >= 4 is 11.7 Å². The Morgan fingerprint density at radius 3 is 2.59 bits per heavy atom. The predicted octanol–water partition coefficient (Wildman–Crippen LogP) is 4.52. The van der Waals surface area contributed by atoms with Gasteiger partial charge in [0.15, 0.2) is 0 Å². The lowest BCUT2D eigenvalue weighted by Crippen LogP contribution is -2.17. The Bertz CT molecular complexity index is 1240. The molecule has 6 nitrogen and oxygen atoms in total. The average Bonchev–Trinajstić information content (AvgIpc) is 3.20. The van der Waals surface area contributed by atoms with E-state index < -0.39 is 0 Å². The van der Waals surface area contributed by atoms with E-state index in [4.69, 9.17) is 4.74 Å². The quantitative estimate of drug-likeness (QED) is 0.464. The van der Waals surface area contributed by atoms with Gasteiger partial charge in [-0.25, -0.2) is 13.8 Å². The summed E-state index contributed by atoms with van der Waals surface area (Å²) in [6, 6.07) is 16.0. The molecule has 4 rings (SSSR count). The standard InChI is InChI=1S/C24H20F2N4O2/c1-32-15-23(31)28-22-12-17(10-11-27-22)20-14-30(13-18-4-2-3-5-21(18)26)29-24(20)16-6-8-19(25)9-7-16/h2-12,14H,13,15H2,1H3,(H,27,28,31). The fraction of sp³-hybridized carbons (Fsp3) is 0.125. The van der Waals surface area contributed by atoms with Gasteiger partial charge in [0.1, 0.15) is 29.8 Å². The summed E-state index contributed by atoms with van der Waals surface area (Å²) in [5, 5.41) is 7.32. The van der Waals surface area contributed by atoms with Gasteiger partial charge < -0.3 is 10.1 Å². The maximum Gasteiger partial charge on any atom is 0.251 e. The van der Waals surface area contributed by atoms with E-state index >= 15 is 0 Å². The molecule has 0 bridgehead atoms. The molecule has 0 fully saturated rings. The van der Waals surface area contributed by atoms with Crippen LogP contribution in [0.5, 0.6) is 0 Å². The highest BCUT2D eigenvalue weighted by molar-refractivity contribution is 5.91. The van der Waals surface area contributed by atoms with Gasteiger partial charge in [-0.2, -0.15) is 5.10 Å². The molecule has 0 saturated carbocycles. The number of methoxy groups -OCH3 is 1. The van der Waals surface area contributed by atoms with Crippen LogP contribution < -0.4 is 5.32 Å². The minimum absolute atomic E-state index is 0.0900. The van der Waals surface area contributed by atoms with Crippen molar-refractivity contribution < 1.29 is 18.3 Å². The smallest absolute Gasteiger partial charge is 0.251 e. The zero-order chi connectivity index (χ0) is 22.5. The highest BCUT2D eigenvalue weighted by Gasteiger charge is 2.16. The van der Waals surface area contributed by atoms with Crippen molar-refractivity contribution in [2.24, 2.45) is 0 Å². The second-order valence-electron chi connectivity index (χ2n) is 7.10. The lowest BCUT2D eigenvalue weighted by molar-refractivity contribution is -0.119. The zero-order valence-electron chi connectivity index (χ0n) is 17.3. The molecule has 0 atom stereocenters. The van der Waals surface area contributed by atoms with Crippen LogP contribution in [0.15, 0.2) is 73.1 Å². The third-order valence-electron chi connectivity index (χ3n) is 4.78. The minimum atomic E-state index is -0.354. The molecule has 2 aromatic carbocycles. The van der Waals surface area contributed by atoms with Crippen LogP contribution in [-0.4, -0.2) is 34.4 Å². The van der Waals surface area contributed by atoms with Gasteiger partial charge in [0, 0.05) is 36.2 Å². The number of nitrogens with zero attached hydrogens (tertiary/aromatic N) is 3.